The lowest BCUT2D eigenvalue weighted by Crippen LogP contribution is -2.37. The molecule has 6 heteroatoms. The Hall–Kier alpha value is -3.15. The van der Waals surface area contributed by atoms with Crippen molar-refractivity contribution in [3.05, 3.63) is 65.2 Å². The van der Waals surface area contributed by atoms with E-state index in [2.05, 4.69) is 13.8 Å². The Bertz CT molecular complexity index is 839. The SMILES string of the molecule is CC(Oc1cccc(C(C)C)c1)C(=O)ON1C(=O)c2ccccc2C1=O. The minimum Gasteiger partial charge on any atom is -0.479 e. The second kappa shape index (κ2) is 7.00. The average molecular weight is 353 g/mol. The first-order valence-electron chi connectivity index (χ1n) is 8.34. The summed E-state index contributed by atoms with van der Waals surface area (Å²) in [4.78, 5) is 41.7. The molecule has 2 aromatic rings. The van der Waals surface area contributed by atoms with Gasteiger partial charge in [0, 0.05) is 0 Å². The highest BCUT2D eigenvalue weighted by atomic mass is 16.7. The van der Waals surface area contributed by atoms with Gasteiger partial charge in [-0.15, -0.1) is 0 Å². The van der Waals surface area contributed by atoms with E-state index >= 15 is 0 Å². The molecule has 0 radical (unpaired) electrons. The van der Waals surface area contributed by atoms with Crippen molar-refractivity contribution in [1.29, 1.82) is 0 Å². The number of nitrogens with zero attached hydrogens (tertiary/aromatic N) is 1. The third-order valence-electron chi connectivity index (χ3n) is 4.11. The van der Waals surface area contributed by atoms with Crippen LogP contribution < -0.4 is 4.74 Å². The standard InChI is InChI=1S/C20H19NO5/c1-12(2)14-7-6-8-15(11-14)25-13(3)20(24)26-21-18(22)16-9-4-5-10-17(16)19(21)23/h4-13H,1-3H3. The fourth-order valence-corrected chi connectivity index (χ4v) is 2.61. The molecule has 1 atom stereocenters. The van der Waals surface area contributed by atoms with Crippen LogP contribution in [0, 0.1) is 0 Å². The molecule has 1 aliphatic heterocycles. The van der Waals surface area contributed by atoms with Crippen LogP contribution >= 0.6 is 0 Å². The smallest absolute Gasteiger partial charge is 0.373 e. The first-order valence-corrected chi connectivity index (χ1v) is 8.34. The molecular weight excluding hydrogens is 334 g/mol. The Balaban J connectivity index is 1.68. The summed E-state index contributed by atoms with van der Waals surface area (Å²) in [5.74, 6) is -1.31. The van der Waals surface area contributed by atoms with E-state index < -0.39 is 23.9 Å². The Morgan fingerprint density at radius 2 is 1.54 bits per heavy atom. The van der Waals surface area contributed by atoms with E-state index in [9.17, 15) is 14.4 Å². The van der Waals surface area contributed by atoms with Gasteiger partial charge >= 0.3 is 5.97 Å². The lowest BCUT2D eigenvalue weighted by molar-refractivity contribution is -0.176. The van der Waals surface area contributed by atoms with Gasteiger partial charge in [-0.2, -0.15) is 0 Å². The first-order chi connectivity index (χ1) is 12.4. The van der Waals surface area contributed by atoms with E-state index in [0.29, 0.717) is 16.7 Å². The van der Waals surface area contributed by atoms with Crippen molar-refractivity contribution in [1.82, 2.24) is 5.06 Å². The van der Waals surface area contributed by atoms with Gasteiger partial charge in [-0.3, -0.25) is 9.59 Å². The molecule has 2 aromatic carbocycles. The van der Waals surface area contributed by atoms with E-state index in [0.717, 1.165) is 5.56 Å². The van der Waals surface area contributed by atoms with Crippen molar-refractivity contribution in [3.8, 4) is 5.75 Å². The molecule has 2 amide bonds. The first kappa shape index (κ1) is 17.7. The summed E-state index contributed by atoms with van der Waals surface area (Å²) in [6, 6.07) is 13.7. The number of hydroxylamine groups is 2. The van der Waals surface area contributed by atoms with E-state index in [-0.39, 0.29) is 11.1 Å². The van der Waals surface area contributed by atoms with Crippen LogP contribution in [0.1, 0.15) is 53.0 Å². The third-order valence-corrected chi connectivity index (χ3v) is 4.11. The van der Waals surface area contributed by atoms with Crippen molar-refractivity contribution in [2.45, 2.75) is 32.8 Å². The van der Waals surface area contributed by atoms with Gasteiger partial charge in [-0.05, 0) is 42.7 Å². The number of ether oxygens (including phenoxy) is 1. The normalized spacial score (nSPS) is 14.4. The van der Waals surface area contributed by atoms with Gasteiger partial charge < -0.3 is 9.57 Å². The van der Waals surface area contributed by atoms with Crippen LogP contribution in [0.5, 0.6) is 5.75 Å². The molecule has 0 saturated carbocycles. The second-order valence-corrected chi connectivity index (χ2v) is 6.35. The lowest BCUT2D eigenvalue weighted by atomic mass is 10.0. The molecule has 1 aliphatic rings. The predicted molar refractivity (Wildman–Crippen MR) is 93.7 cm³/mol. The van der Waals surface area contributed by atoms with Crippen molar-refractivity contribution >= 4 is 17.8 Å². The van der Waals surface area contributed by atoms with Crippen molar-refractivity contribution in [2.75, 3.05) is 0 Å². The zero-order chi connectivity index (χ0) is 18.8. The van der Waals surface area contributed by atoms with Gasteiger partial charge in [0.25, 0.3) is 11.8 Å². The number of hydrogen-bond acceptors (Lipinski definition) is 5. The summed E-state index contributed by atoms with van der Waals surface area (Å²) in [5, 5.41) is 0.484. The highest BCUT2D eigenvalue weighted by Gasteiger charge is 2.39. The highest BCUT2D eigenvalue weighted by molar-refractivity contribution is 6.20. The number of hydrogen-bond donors (Lipinski definition) is 0. The largest absolute Gasteiger partial charge is 0.479 e. The van der Waals surface area contributed by atoms with Crippen LogP contribution in [0.4, 0.5) is 0 Å². The molecule has 1 unspecified atom stereocenters. The quantitative estimate of drug-likeness (QED) is 0.771. The molecule has 3 rings (SSSR count). The third kappa shape index (κ3) is 3.31. The van der Waals surface area contributed by atoms with E-state index in [1.54, 1.807) is 18.2 Å². The van der Waals surface area contributed by atoms with Gasteiger partial charge in [0.05, 0.1) is 11.1 Å². The van der Waals surface area contributed by atoms with Crippen LogP contribution in [-0.4, -0.2) is 29.0 Å². The maximum absolute atomic E-state index is 12.3. The molecule has 26 heavy (non-hydrogen) atoms. The summed E-state index contributed by atoms with van der Waals surface area (Å²) < 4.78 is 5.60. The zero-order valence-corrected chi connectivity index (χ0v) is 14.8. The molecule has 0 aromatic heterocycles. The van der Waals surface area contributed by atoms with Crippen LogP contribution in [-0.2, 0) is 9.63 Å². The monoisotopic (exact) mass is 353 g/mol. The van der Waals surface area contributed by atoms with Crippen molar-refractivity contribution in [2.24, 2.45) is 0 Å². The summed E-state index contributed by atoms with van der Waals surface area (Å²) in [5.41, 5.74) is 1.50. The number of benzene rings is 2. The molecule has 0 saturated heterocycles. The van der Waals surface area contributed by atoms with Crippen molar-refractivity contribution in [3.63, 3.8) is 0 Å². The van der Waals surface area contributed by atoms with E-state index in [4.69, 9.17) is 9.57 Å². The number of imide groups is 1. The molecule has 134 valence electrons. The minimum atomic E-state index is -0.985. The Labute approximate surface area is 151 Å². The Morgan fingerprint density at radius 3 is 2.12 bits per heavy atom. The van der Waals surface area contributed by atoms with Gasteiger partial charge in [-0.25, -0.2) is 4.79 Å². The number of carbonyl (C=O) groups is 3. The summed E-state index contributed by atoms with van der Waals surface area (Å²) in [6.45, 7) is 5.61. The Kier molecular flexibility index (Phi) is 4.75. The second-order valence-electron chi connectivity index (χ2n) is 6.35. The molecule has 1 heterocycles. The molecule has 6 nitrogen and oxygen atoms in total. The summed E-state index contributed by atoms with van der Waals surface area (Å²) in [7, 11) is 0. The van der Waals surface area contributed by atoms with Crippen molar-refractivity contribution < 1.29 is 24.0 Å². The molecule has 0 aliphatic carbocycles. The molecule has 0 spiro atoms. The van der Waals surface area contributed by atoms with Gasteiger partial charge in [0.2, 0.25) is 0 Å². The predicted octanol–water partition coefficient (Wildman–Crippen LogP) is 3.33. The van der Waals surface area contributed by atoms with Crippen LogP contribution in [0.3, 0.4) is 0 Å². The molecule has 0 bridgehead atoms. The van der Waals surface area contributed by atoms with E-state index in [1.807, 2.05) is 18.2 Å². The van der Waals surface area contributed by atoms with Crippen LogP contribution in [0.15, 0.2) is 48.5 Å². The maximum atomic E-state index is 12.3. The van der Waals surface area contributed by atoms with Crippen LogP contribution in [0.2, 0.25) is 0 Å². The van der Waals surface area contributed by atoms with Crippen LogP contribution in [0.25, 0.3) is 0 Å². The molecular formula is C20H19NO5. The minimum absolute atomic E-state index is 0.212. The van der Waals surface area contributed by atoms with Gasteiger partial charge in [-0.1, -0.05) is 43.2 Å². The number of amides is 2. The fourth-order valence-electron chi connectivity index (χ4n) is 2.61. The van der Waals surface area contributed by atoms with Gasteiger partial charge in [0.15, 0.2) is 6.10 Å². The molecule has 0 fully saturated rings. The zero-order valence-electron chi connectivity index (χ0n) is 14.8. The lowest BCUT2D eigenvalue weighted by Gasteiger charge is -2.18. The number of fused-ring (bicyclic) bond motifs is 1. The average Bonchev–Trinajstić information content (AvgIpc) is 2.87. The maximum Gasteiger partial charge on any atom is 0.373 e. The number of rotatable bonds is 5. The summed E-state index contributed by atoms with van der Waals surface area (Å²) in [6.07, 6.45) is -0.985. The topological polar surface area (TPSA) is 72.9 Å². The number of carbonyl (C=O) groups excluding carboxylic acids is 3. The van der Waals surface area contributed by atoms with Gasteiger partial charge in [0.1, 0.15) is 5.75 Å². The molecule has 0 N–H and O–H groups in total. The van der Waals surface area contributed by atoms with E-state index in [1.165, 1.54) is 19.1 Å². The fraction of sp³-hybridized carbons (Fsp3) is 0.250. The highest BCUT2D eigenvalue weighted by Crippen LogP contribution is 2.24. The Morgan fingerprint density at radius 1 is 0.923 bits per heavy atom. The summed E-state index contributed by atoms with van der Waals surface area (Å²) >= 11 is 0.